The third-order valence-electron chi connectivity index (χ3n) is 2.42. The Morgan fingerprint density at radius 3 is 1.62 bits per heavy atom. The Balaban J connectivity index is -0.0000000874. The first-order valence-electron chi connectivity index (χ1n) is 6.46. The molecule has 0 unspecified atom stereocenters. The molecule has 0 aliphatic carbocycles. The molecule has 0 amide bonds. The summed E-state index contributed by atoms with van der Waals surface area (Å²) in [4.78, 5) is 0. The van der Waals surface area contributed by atoms with Crippen LogP contribution >= 0.6 is 0 Å². The van der Waals surface area contributed by atoms with Gasteiger partial charge in [-0.25, -0.2) is 0 Å². The molecule has 0 aliphatic heterocycles. The van der Waals surface area contributed by atoms with E-state index in [0.717, 1.165) is 5.56 Å². The number of benzene rings is 1. The first-order valence-corrected chi connectivity index (χ1v) is 6.46. The minimum atomic E-state index is -4.08. The number of hydrogen-bond acceptors (Lipinski definition) is 2. The number of hydrogen-bond donors (Lipinski definition) is 1. The monoisotopic (exact) mass is 423 g/mol. The van der Waals surface area contributed by atoms with E-state index in [0.29, 0.717) is 5.92 Å². The molecule has 0 heterocycles. The molecule has 0 fully saturated rings. The molecule has 24 heavy (non-hydrogen) atoms. The van der Waals surface area contributed by atoms with Gasteiger partial charge in [-0.1, -0.05) is 62.1 Å². The van der Waals surface area contributed by atoms with Gasteiger partial charge in [-0.2, -0.15) is 18.4 Å². The second-order valence-electron chi connectivity index (χ2n) is 5.04. The molecule has 1 radical (unpaired) electrons. The topological polar surface area (TPSA) is 35.8 Å². The Hall–Kier alpha value is -0.436. The first-order chi connectivity index (χ1) is 9.15. The summed E-state index contributed by atoms with van der Waals surface area (Å²) in [6.45, 7) is 6.73. The SMILES string of the molecule is C.C.C.CC(C)NCC(F)(F)F.CC(C)c1ccc(C#N)cc1.[Y]. The van der Waals surface area contributed by atoms with Crippen LogP contribution in [0.15, 0.2) is 24.3 Å². The summed E-state index contributed by atoms with van der Waals surface area (Å²) in [5.41, 5.74) is 2.01. The van der Waals surface area contributed by atoms with Crippen molar-refractivity contribution in [2.24, 2.45) is 0 Å². The predicted octanol–water partition coefficient (Wildman–Crippen LogP) is 6.13. The van der Waals surface area contributed by atoms with Crippen molar-refractivity contribution < 1.29 is 45.9 Å². The molecule has 0 saturated heterocycles. The van der Waals surface area contributed by atoms with E-state index in [2.05, 4.69) is 25.2 Å². The zero-order chi connectivity index (χ0) is 15.8. The minimum Gasteiger partial charge on any atom is -0.306 e. The van der Waals surface area contributed by atoms with E-state index >= 15 is 0 Å². The van der Waals surface area contributed by atoms with Crippen LogP contribution in [0.2, 0.25) is 0 Å². The van der Waals surface area contributed by atoms with Crippen molar-refractivity contribution in [3.63, 3.8) is 0 Å². The summed E-state index contributed by atoms with van der Waals surface area (Å²) in [6, 6.07) is 9.71. The van der Waals surface area contributed by atoms with Crippen molar-refractivity contribution in [2.75, 3.05) is 6.54 Å². The Labute approximate surface area is 172 Å². The Bertz CT molecular complexity index is 421. The van der Waals surface area contributed by atoms with Crippen LogP contribution < -0.4 is 5.32 Å². The molecule has 0 atom stereocenters. The summed E-state index contributed by atoms with van der Waals surface area (Å²) in [7, 11) is 0. The molecule has 6 heteroatoms. The summed E-state index contributed by atoms with van der Waals surface area (Å²) < 4.78 is 34.1. The number of nitrogens with one attached hydrogen (secondary N) is 1. The third kappa shape index (κ3) is 19.6. The molecule has 0 aliphatic rings. The molecule has 1 aromatic carbocycles. The standard InChI is InChI=1S/C10H11N.C5H10F3N.3CH4.Y/c1-8(2)10-5-3-9(7-11)4-6-10;1-4(2)9-3-5(6,7)8;;;;/h3-6,8H,1-2H3;4,9H,3H2,1-2H3;3*1H4;. The van der Waals surface area contributed by atoms with Gasteiger partial charge in [0.2, 0.25) is 0 Å². The van der Waals surface area contributed by atoms with E-state index in [1.165, 1.54) is 5.56 Å². The van der Waals surface area contributed by atoms with Crippen molar-refractivity contribution in [3.8, 4) is 6.07 Å². The Kier molecular flexibility index (Phi) is 25.2. The molecule has 2 nitrogen and oxygen atoms in total. The van der Waals surface area contributed by atoms with Gasteiger partial charge in [-0.3, -0.25) is 0 Å². The second kappa shape index (κ2) is 17.4. The summed E-state index contributed by atoms with van der Waals surface area (Å²) in [6.07, 6.45) is -4.08. The van der Waals surface area contributed by atoms with Crippen LogP contribution in [0, 0.1) is 11.3 Å². The normalized spacial score (nSPS) is 9.17. The first kappa shape index (κ1) is 34.8. The fraction of sp³-hybridized carbons (Fsp3) is 0.611. The molecule has 0 spiro atoms. The molecule has 1 aromatic rings. The zero-order valence-corrected chi connectivity index (χ0v) is 15.7. The summed E-state index contributed by atoms with van der Waals surface area (Å²) in [5, 5.41) is 10.8. The van der Waals surface area contributed by atoms with Gasteiger partial charge in [0.25, 0.3) is 0 Å². The van der Waals surface area contributed by atoms with Crippen LogP contribution in [0.1, 0.15) is 67.0 Å². The van der Waals surface area contributed by atoms with Crippen molar-refractivity contribution in [1.82, 2.24) is 5.32 Å². The van der Waals surface area contributed by atoms with Gasteiger partial charge in [0, 0.05) is 38.8 Å². The molecular weight excluding hydrogens is 390 g/mol. The van der Waals surface area contributed by atoms with Crippen LogP contribution in [0.4, 0.5) is 13.2 Å². The molecule has 0 bridgehead atoms. The number of halogens is 3. The maximum Gasteiger partial charge on any atom is 0.401 e. The van der Waals surface area contributed by atoms with Crippen LogP contribution in [0.5, 0.6) is 0 Å². The Morgan fingerprint density at radius 1 is 1.00 bits per heavy atom. The van der Waals surface area contributed by atoms with Gasteiger partial charge in [-0.05, 0) is 23.6 Å². The van der Waals surface area contributed by atoms with Gasteiger partial charge >= 0.3 is 6.18 Å². The summed E-state index contributed by atoms with van der Waals surface area (Å²) in [5.74, 6) is 0.544. The Morgan fingerprint density at radius 2 is 1.42 bits per heavy atom. The van der Waals surface area contributed by atoms with Gasteiger partial charge in [0.15, 0.2) is 0 Å². The van der Waals surface area contributed by atoms with Crippen molar-refractivity contribution >= 4 is 0 Å². The van der Waals surface area contributed by atoms with E-state index in [1.54, 1.807) is 13.8 Å². The molecule has 1 rings (SSSR count). The van der Waals surface area contributed by atoms with E-state index < -0.39 is 12.7 Å². The smallest absolute Gasteiger partial charge is 0.306 e. The van der Waals surface area contributed by atoms with E-state index in [9.17, 15) is 13.2 Å². The van der Waals surface area contributed by atoms with Crippen LogP contribution in [0.3, 0.4) is 0 Å². The van der Waals surface area contributed by atoms with Crippen LogP contribution in [-0.2, 0) is 32.7 Å². The fourth-order valence-electron chi connectivity index (χ4n) is 1.26. The molecule has 139 valence electrons. The molecular formula is C18H33F3N2Y. The second-order valence-corrected chi connectivity index (χ2v) is 5.04. The average Bonchev–Trinajstić information content (AvgIpc) is 2.36. The minimum absolute atomic E-state index is 0. The number of alkyl halides is 3. The number of nitriles is 1. The fourth-order valence-corrected chi connectivity index (χ4v) is 1.26. The molecule has 1 N–H and O–H groups in total. The van der Waals surface area contributed by atoms with Crippen molar-refractivity contribution in [1.29, 1.82) is 5.26 Å². The van der Waals surface area contributed by atoms with E-state index in [-0.39, 0.29) is 61.0 Å². The zero-order valence-electron chi connectivity index (χ0n) is 12.8. The van der Waals surface area contributed by atoms with Crippen LogP contribution in [0.25, 0.3) is 0 Å². The largest absolute Gasteiger partial charge is 0.401 e. The average molecular weight is 423 g/mol. The van der Waals surface area contributed by atoms with Crippen LogP contribution in [-0.4, -0.2) is 18.8 Å². The summed E-state index contributed by atoms with van der Waals surface area (Å²) >= 11 is 0. The van der Waals surface area contributed by atoms with E-state index in [4.69, 9.17) is 5.26 Å². The van der Waals surface area contributed by atoms with Gasteiger partial charge in [0.05, 0.1) is 18.2 Å². The molecule has 0 saturated carbocycles. The van der Waals surface area contributed by atoms with Crippen molar-refractivity contribution in [2.45, 2.75) is 68.1 Å². The number of nitrogens with zero attached hydrogens (tertiary/aromatic N) is 1. The maximum atomic E-state index is 11.4. The van der Waals surface area contributed by atoms with Gasteiger partial charge in [-0.15, -0.1) is 0 Å². The van der Waals surface area contributed by atoms with Gasteiger partial charge < -0.3 is 5.32 Å². The maximum absolute atomic E-state index is 11.4. The quantitative estimate of drug-likeness (QED) is 0.635. The van der Waals surface area contributed by atoms with Crippen molar-refractivity contribution in [3.05, 3.63) is 35.4 Å². The van der Waals surface area contributed by atoms with E-state index in [1.807, 2.05) is 24.3 Å². The number of rotatable bonds is 3. The third-order valence-corrected chi connectivity index (χ3v) is 2.42. The van der Waals surface area contributed by atoms with Gasteiger partial charge in [0.1, 0.15) is 0 Å². The predicted molar refractivity (Wildman–Crippen MR) is 94.6 cm³/mol. The molecule has 0 aromatic heterocycles.